The highest BCUT2D eigenvalue weighted by atomic mass is 32.1. The molecule has 1 aromatic heterocycles. The van der Waals surface area contributed by atoms with E-state index in [0.717, 1.165) is 19.6 Å². The van der Waals surface area contributed by atoms with Crippen LogP contribution in [0, 0.1) is 0 Å². The molecule has 0 amide bonds. The van der Waals surface area contributed by atoms with Gasteiger partial charge in [0.2, 0.25) is 0 Å². The van der Waals surface area contributed by atoms with Gasteiger partial charge in [0.15, 0.2) is 0 Å². The predicted octanol–water partition coefficient (Wildman–Crippen LogP) is 3.79. The Balaban J connectivity index is 2.06. The fourth-order valence-corrected chi connectivity index (χ4v) is 3.83. The van der Waals surface area contributed by atoms with Crippen molar-refractivity contribution < 1.29 is 0 Å². The molecule has 1 aromatic rings. The van der Waals surface area contributed by atoms with E-state index in [0.29, 0.717) is 6.04 Å². The van der Waals surface area contributed by atoms with Crippen molar-refractivity contribution in [3.05, 3.63) is 16.1 Å². The second-order valence-electron chi connectivity index (χ2n) is 7.94. The molecule has 0 aliphatic carbocycles. The van der Waals surface area contributed by atoms with E-state index in [-0.39, 0.29) is 11.0 Å². The minimum absolute atomic E-state index is 0.151. The average Bonchev–Trinajstić information content (AvgIpc) is 2.82. The zero-order valence-corrected chi connectivity index (χ0v) is 15.3. The van der Waals surface area contributed by atoms with Crippen molar-refractivity contribution in [2.75, 3.05) is 13.1 Å². The highest BCUT2D eigenvalue weighted by molar-refractivity contribution is 7.09. The molecule has 120 valence electrons. The molecular weight excluding hydrogens is 278 g/mol. The van der Waals surface area contributed by atoms with Crippen LogP contribution >= 0.6 is 11.3 Å². The average molecular weight is 310 g/mol. The number of hydrogen-bond acceptors (Lipinski definition) is 4. The summed E-state index contributed by atoms with van der Waals surface area (Å²) in [4.78, 5) is 7.47. The summed E-state index contributed by atoms with van der Waals surface area (Å²) in [5.41, 5.74) is 1.58. The number of nitrogens with one attached hydrogen (secondary N) is 1. The van der Waals surface area contributed by atoms with Crippen LogP contribution in [0.25, 0.3) is 0 Å². The van der Waals surface area contributed by atoms with Crippen molar-refractivity contribution in [3.8, 4) is 0 Å². The van der Waals surface area contributed by atoms with Gasteiger partial charge < -0.3 is 5.32 Å². The molecule has 1 N–H and O–H groups in total. The quantitative estimate of drug-likeness (QED) is 0.917. The first-order chi connectivity index (χ1) is 9.72. The maximum atomic E-state index is 4.87. The standard InChI is InChI=1S/C17H31N3S/c1-7-8-13-9-20(17(5,6)12-18-13)10-15-19-14(11-21-15)16(2,3)4/h11,13,18H,7-10,12H2,1-6H3. The van der Waals surface area contributed by atoms with E-state index in [1.54, 1.807) is 0 Å². The number of piperazine rings is 1. The zero-order valence-electron chi connectivity index (χ0n) is 14.5. The van der Waals surface area contributed by atoms with Crippen molar-refractivity contribution >= 4 is 11.3 Å². The molecule has 3 nitrogen and oxygen atoms in total. The number of hydrogen-bond donors (Lipinski definition) is 1. The van der Waals surface area contributed by atoms with Crippen molar-refractivity contribution in [2.45, 2.75) is 77.9 Å². The molecule has 2 heterocycles. The van der Waals surface area contributed by atoms with Crippen molar-refractivity contribution in [2.24, 2.45) is 0 Å². The largest absolute Gasteiger partial charge is 0.311 e. The van der Waals surface area contributed by atoms with Crippen LogP contribution in [-0.2, 0) is 12.0 Å². The van der Waals surface area contributed by atoms with E-state index in [1.807, 2.05) is 11.3 Å². The molecule has 2 rings (SSSR count). The van der Waals surface area contributed by atoms with Crippen LogP contribution < -0.4 is 5.32 Å². The molecule has 0 saturated carbocycles. The van der Waals surface area contributed by atoms with Crippen LogP contribution in [0.3, 0.4) is 0 Å². The third-order valence-corrected chi connectivity index (χ3v) is 5.24. The van der Waals surface area contributed by atoms with Gasteiger partial charge in [-0.05, 0) is 20.3 Å². The van der Waals surface area contributed by atoms with Crippen molar-refractivity contribution in [3.63, 3.8) is 0 Å². The molecule has 1 unspecified atom stereocenters. The molecule has 21 heavy (non-hydrogen) atoms. The molecule has 4 heteroatoms. The summed E-state index contributed by atoms with van der Waals surface area (Å²) in [6.07, 6.45) is 2.51. The summed E-state index contributed by atoms with van der Waals surface area (Å²) < 4.78 is 0. The van der Waals surface area contributed by atoms with Crippen molar-refractivity contribution in [1.82, 2.24) is 15.2 Å². The van der Waals surface area contributed by atoms with Gasteiger partial charge in [-0.1, -0.05) is 34.1 Å². The first kappa shape index (κ1) is 16.9. The number of nitrogens with zero attached hydrogens (tertiary/aromatic N) is 2. The van der Waals surface area contributed by atoms with Crippen LogP contribution in [0.4, 0.5) is 0 Å². The van der Waals surface area contributed by atoms with Crippen molar-refractivity contribution in [1.29, 1.82) is 0 Å². The number of aromatic nitrogens is 1. The van der Waals surface area contributed by atoms with Crippen LogP contribution in [0.15, 0.2) is 5.38 Å². The Morgan fingerprint density at radius 1 is 1.43 bits per heavy atom. The van der Waals surface area contributed by atoms with Gasteiger partial charge in [-0.25, -0.2) is 4.98 Å². The molecule has 1 aliphatic heterocycles. The Hall–Kier alpha value is -0.450. The van der Waals surface area contributed by atoms with E-state index in [9.17, 15) is 0 Å². The van der Waals surface area contributed by atoms with Gasteiger partial charge in [0.1, 0.15) is 5.01 Å². The summed E-state index contributed by atoms with van der Waals surface area (Å²) in [5, 5.41) is 7.18. The molecule has 0 spiro atoms. The minimum atomic E-state index is 0.151. The Morgan fingerprint density at radius 2 is 2.14 bits per heavy atom. The maximum Gasteiger partial charge on any atom is 0.107 e. The maximum absolute atomic E-state index is 4.87. The van der Waals surface area contributed by atoms with E-state index in [1.165, 1.54) is 23.5 Å². The van der Waals surface area contributed by atoms with Crippen LogP contribution in [0.1, 0.15) is 65.1 Å². The second-order valence-corrected chi connectivity index (χ2v) is 8.88. The summed E-state index contributed by atoms with van der Waals surface area (Å²) in [6.45, 7) is 16.8. The lowest BCUT2D eigenvalue weighted by Gasteiger charge is -2.46. The molecule has 1 atom stereocenters. The number of rotatable bonds is 4. The molecule has 1 saturated heterocycles. The fourth-order valence-electron chi connectivity index (χ4n) is 2.80. The molecule has 0 radical (unpaired) electrons. The molecule has 1 fully saturated rings. The van der Waals surface area contributed by atoms with E-state index >= 15 is 0 Å². The van der Waals surface area contributed by atoms with Gasteiger partial charge in [0, 0.05) is 35.5 Å². The Labute approximate surface area is 134 Å². The van der Waals surface area contributed by atoms with Gasteiger partial charge in [0.05, 0.1) is 12.2 Å². The summed E-state index contributed by atoms with van der Waals surface area (Å²) in [5.74, 6) is 0. The Kier molecular flexibility index (Phi) is 5.11. The SMILES string of the molecule is CCCC1CN(Cc2nc(C(C)(C)C)cs2)C(C)(C)CN1. The first-order valence-electron chi connectivity index (χ1n) is 8.15. The third kappa shape index (κ3) is 4.27. The second kappa shape index (κ2) is 6.35. The van der Waals surface area contributed by atoms with E-state index in [2.05, 4.69) is 57.1 Å². The summed E-state index contributed by atoms with van der Waals surface area (Å²) >= 11 is 1.81. The molecular formula is C17H31N3S. The van der Waals surface area contributed by atoms with Gasteiger partial charge in [-0.2, -0.15) is 0 Å². The van der Waals surface area contributed by atoms with Gasteiger partial charge in [-0.3, -0.25) is 4.90 Å². The molecule has 0 aromatic carbocycles. The third-order valence-electron chi connectivity index (χ3n) is 4.40. The van der Waals surface area contributed by atoms with Crippen LogP contribution in [0.5, 0.6) is 0 Å². The predicted molar refractivity (Wildman–Crippen MR) is 92.0 cm³/mol. The lowest BCUT2D eigenvalue weighted by atomic mass is 9.93. The smallest absolute Gasteiger partial charge is 0.107 e. The molecule has 0 bridgehead atoms. The lowest BCUT2D eigenvalue weighted by molar-refractivity contribution is 0.0562. The Bertz CT molecular complexity index is 459. The lowest BCUT2D eigenvalue weighted by Crippen LogP contribution is -2.61. The highest BCUT2D eigenvalue weighted by Gasteiger charge is 2.34. The zero-order chi connectivity index (χ0) is 15.7. The van der Waals surface area contributed by atoms with Gasteiger partial charge >= 0.3 is 0 Å². The monoisotopic (exact) mass is 309 g/mol. The Morgan fingerprint density at radius 3 is 2.71 bits per heavy atom. The van der Waals surface area contributed by atoms with E-state index < -0.39 is 0 Å². The van der Waals surface area contributed by atoms with Crippen LogP contribution in [0.2, 0.25) is 0 Å². The topological polar surface area (TPSA) is 28.2 Å². The highest BCUT2D eigenvalue weighted by Crippen LogP contribution is 2.27. The number of thiazole rings is 1. The van der Waals surface area contributed by atoms with E-state index in [4.69, 9.17) is 4.98 Å². The summed E-state index contributed by atoms with van der Waals surface area (Å²) in [6, 6.07) is 0.630. The van der Waals surface area contributed by atoms with Gasteiger partial charge in [-0.15, -0.1) is 11.3 Å². The summed E-state index contributed by atoms with van der Waals surface area (Å²) in [7, 11) is 0. The minimum Gasteiger partial charge on any atom is -0.311 e. The fraction of sp³-hybridized carbons (Fsp3) is 0.824. The normalized spacial score (nSPS) is 23.4. The van der Waals surface area contributed by atoms with Gasteiger partial charge in [0.25, 0.3) is 0 Å². The first-order valence-corrected chi connectivity index (χ1v) is 9.03. The molecule has 1 aliphatic rings. The van der Waals surface area contributed by atoms with Crippen LogP contribution in [-0.4, -0.2) is 34.6 Å².